The van der Waals surface area contributed by atoms with Crippen molar-refractivity contribution in [3.05, 3.63) is 0 Å². The molecule has 0 aromatic carbocycles. The predicted molar refractivity (Wildman–Crippen MR) is 94.6 cm³/mol. The molecule has 3 heteroatoms. The highest BCUT2D eigenvalue weighted by Gasteiger charge is 1.94. The van der Waals surface area contributed by atoms with E-state index in [-0.39, 0.29) is 0 Å². The van der Waals surface area contributed by atoms with E-state index in [1.807, 2.05) is 0 Å². The van der Waals surface area contributed by atoms with Crippen molar-refractivity contribution in [2.24, 2.45) is 0 Å². The van der Waals surface area contributed by atoms with E-state index in [1.165, 1.54) is 64.2 Å². The fraction of sp³-hybridized carbons (Fsp3) is 1.00. The van der Waals surface area contributed by atoms with E-state index in [4.69, 9.17) is 14.2 Å². The molecule has 3 nitrogen and oxygen atoms in total. The first-order valence-electron chi connectivity index (χ1n) is 9.65. The lowest BCUT2D eigenvalue weighted by atomic mass is 10.1. The number of unbranched alkanes of at least 4 members (excludes halogenated alkanes) is 9. The quantitative estimate of drug-likeness (QED) is 0.300. The van der Waals surface area contributed by atoms with Crippen molar-refractivity contribution in [2.45, 2.75) is 84.5 Å². The molecule has 0 aromatic rings. The molecule has 0 saturated heterocycles. The van der Waals surface area contributed by atoms with Crippen LogP contribution in [0.1, 0.15) is 84.5 Å². The SMILES string of the molecule is CCCCCCCCCCCOCCOCCOCCCC. The van der Waals surface area contributed by atoms with E-state index in [0.717, 1.165) is 19.6 Å². The molecule has 0 aliphatic rings. The van der Waals surface area contributed by atoms with Crippen molar-refractivity contribution in [3.63, 3.8) is 0 Å². The van der Waals surface area contributed by atoms with Crippen LogP contribution in [0, 0.1) is 0 Å². The molecule has 0 unspecified atom stereocenters. The van der Waals surface area contributed by atoms with Crippen LogP contribution in [0.25, 0.3) is 0 Å². The standard InChI is InChI=1S/C19H40O3/c1-3-5-7-8-9-10-11-12-13-15-21-17-19-22-18-16-20-14-6-4-2/h3-19H2,1-2H3. The van der Waals surface area contributed by atoms with Gasteiger partial charge in [-0.2, -0.15) is 0 Å². The molecule has 0 atom stereocenters. The van der Waals surface area contributed by atoms with Crippen molar-refractivity contribution in [2.75, 3.05) is 39.6 Å². The molecule has 0 bridgehead atoms. The smallest absolute Gasteiger partial charge is 0.0701 e. The highest BCUT2D eigenvalue weighted by Crippen LogP contribution is 2.09. The molecule has 0 aromatic heterocycles. The first-order valence-corrected chi connectivity index (χ1v) is 9.65. The molecule has 0 heterocycles. The van der Waals surface area contributed by atoms with Crippen LogP contribution in [0.5, 0.6) is 0 Å². The minimum Gasteiger partial charge on any atom is -0.379 e. The van der Waals surface area contributed by atoms with Gasteiger partial charge in [-0.15, -0.1) is 0 Å². The lowest BCUT2D eigenvalue weighted by Crippen LogP contribution is -2.10. The van der Waals surface area contributed by atoms with E-state index in [1.54, 1.807) is 0 Å². The van der Waals surface area contributed by atoms with Crippen LogP contribution in [-0.2, 0) is 14.2 Å². The van der Waals surface area contributed by atoms with Crippen molar-refractivity contribution in [3.8, 4) is 0 Å². The Morgan fingerprint density at radius 1 is 0.364 bits per heavy atom. The summed E-state index contributed by atoms with van der Waals surface area (Å²) in [6.45, 7) is 8.97. The number of hydrogen-bond acceptors (Lipinski definition) is 3. The zero-order valence-electron chi connectivity index (χ0n) is 15.2. The van der Waals surface area contributed by atoms with E-state index in [9.17, 15) is 0 Å². The predicted octanol–water partition coefficient (Wildman–Crippen LogP) is 5.37. The van der Waals surface area contributed by atoms with Gasteiger partial charge in [0, 0.05) is 13.2 Å². The van der Waals surface area contributed by atoms with Gasteiger partial charge in [0.05, 0.1) is 26.4 Å². The Bertz CT molecular complexity index is 166. The zero-order valence-corrected chi connectivity index (χ0v) is 15.2. The van der Waals surface area contributed by atoms with Gasteiger partial charge in [-0.25, -0.2) is 0 Å². The molecule has 0 fully saturated rings. The van der Waals surface area contributed by atoms with Gasteiger partial charge in [-0.3, -0.25) is 0 Å². The van der Waals surface area contributed by atoms with Crippen LogP contribution in [0.2, 0.25) is 0 Å². The van der Waals surface area contributed by atoms with Gasteiger partial charge >= 0.3 is 0 Å². The maximum atomic E-state index is 5.57. The molecule has 0 N–H and O–H groups in total. The van der Waals surface area contributed by atoms with Crippen molar-refractivity contribution < 1.29 is 14.2 Å². The molecule has 0 aliphatic heterocycles. The van der Waals surface area contributed by atoms with Crippen LogP contribution in [0.3, 0.4) is 0 Å². The van der Waals surface area contributed by atoms with E-state index < -0.39 is 0 Å². The van der Waals surface area contributed by atoms with Crippen LogP contribution < -0.4 is 0 Å². The Morgan fingerprint density at radius 3 is 1.23 bits per heavy atom. The minimum absolute atomic E-state index is 0.686. The average molecular weight is 317 g/mol. The lowest BCUT2D eigenvalue weighted by molar-refractivity contribution is 0.0134. The Balaban J connectivity index is 2.91. The largest absolute Gasteiger partial charge is 0.379 e. The first kappa shape index (κ1) is 21.9. The highest BCUT2D eigenvalue weighted by molar-refractivity contribution is 4.46. The minimum atomic E-state index is 0.686. The number of rotatable bonds is 19. The van der Waals surface area contributed by atoms with Gasteiger partial charge in [-0.1, -0.05) is 71.6 Å². The summed E-state index contributed by atoms with van der Waals surface area (Å²) in [6, 6.07) is 0. The number of ether oxygens (including phenoxy) is 3. The molecule has 0 saturated carbocycles. The van der Waals surface area contributed by atoms with Gasteiger partial charge < -0.3 is 14.2 Å². The third-order valence-corrected chi connectivity index (χ3v) is 3.78. The van der Waals surface area contributed by atoms with Crippen LogP contribution in [-0.4, -0.2) is 39.6 Å². The topological polar surface area (TPSA) is 27.7 Å². The molecule has 0 radical (unpaired) electrons. The van der Waals surface area contributed by atoms with Gasteiger partial charge in [0.1, 0.15) is 0 Å². The van der Waals surface area contributed by atoms with E-state index in [2.05, 4.69) is 13.8 Å². The van der Waals surface area contributed by atoms with Crippen LogP contribution >= 0.6 is 0 Å². The second kappa shape index (κ2) is 20.9. The normalized spacial score (nSPS) is 11.2. The Hall–Kier alpha value is -0.120. The van der Waals surface area contributed by atoms with Gasteiger partial charge in [0.25, 0.3) is 0 Å². The maximum Gasteiger partial charge on any atom is 0.0701 e. The van der Waals surface area contributed by atoms with Gasteiger partial charge in [0.2, 0.25) is 0 Å². The van der Waals surface area contributed by atoms with E-state index in [0.29, 0.717) is 26.4 Å². The van der Waals surface area contributed by atoms with Gasteiger partial charge in [0.15, 0.2) is 0 Å². The third kappa shape index (κ3) is 19.9. The fourth-order valence-corrected chi connectivity index (χ4v) is 2.30. The molecule has 22 heavy (non-hydrogen) atoms. The monoisotopic (exact) mass is 316 g/mol. The van der Waals surface area contributed by atoms with Crippen molar-refractivity contribution in [1.29, 1.82) is 0 Å². The van der Waals surface area contributed by atoms with Gasteiger partial charge in [-0.05, 0) is 12.8 Å². The van der Waals surface area contributed by atoms with Crippen LogP contribution in [0.4, 0.5) is 0 Å². The summed E-state index contributed by atoms with van der Waals surface area (Å²) in [4.78, 5) is 0. The molecular weight excluding hydrogens is 276 g/mol. The average Bonchev–Trinajstić information content (AvgIpc) is 2.54. The van der Waals surface area contributed by atoms with Crippen molar-refractivity contribution >= 4 is 0 Å². The summed E-state index contributed by atoms with van der Waals surface area (Å²) >= 11 is 0. The molecule has 0 spiro atoms. The Labute approximate surface area is 139 Å². The summed E-state index contributed by atoms with van der Waals surface area (Å²) in [5.74, 6) is 0. The summed E-state index contributed by atoms with van der Waals surface area (Å²) in [5.41, 5.74) is 0. The second-order valence-electron chi connectivity index (χ2n) is 6.02. The summed E-state index contributed by atoms with van der Waals surface area (Å²) < 4.78 is 16.4. The molecule has 0 rings (SSSR count). The maximum absolute atomic E-state index is 5.57. The lowest BCUT2D eigenvalue weighted by Gasteiger charge is -2.06. The molecular formula is C19H40O3. The highest BCUT2D eigenvalue weighted by atomic mass is 16.5. The summed E-state index contributed by atoms with van der Waals surface area (Å²) in [6.07, 6.45) is 14.6. The molecule has 134 valence electrons. The fourth-order valence-electron chi connectivity index (χ4n) is 2.30. The third-order valence-electron chi connectivity index (χ3n) is 3.78. The second-order valence-corrected chi connectivity index (χ2v) is 6.02. The Morgan fingerprint density at radius 2 is 0.727 bits per heavy atom. The number of hydrogen-bond donors (Lipinski definition) is 0. The van der Waals surface area contributed by atoms with Crippen LogP contribution in [0.15, 0.2) is 0 Å². The molecule has 0 amide bonds. The van der Waals surface area contributed by atoms with Crippen molar-refractivity contribution in [1.82, 2.24) is 0 Å². The first-order chi connectivity index (χ1) is 10.9. The summed E-state index contributed by atoms with van der Waals surface area (Å²) in [7, 11) is 0. The molecule has 0 aliphatic carbocycles. The Kier molecular flexibility index (Phi) is 20.8. The zero-order chi connectivity index (χ0) is 16.1. The van der Waals surface area contributed by atoms with E-state index >= 15 is 0 Å². The summed E-state index contributed by atoms with van der Waals surface area (Å²) in [5, 5.41) is 0.